The predicted octanol–water partition coefficient (Wildman–Crippen LogP) is 4.59. The third-order valence-corrected chi connectivity index (χ3v) is 4.38. The quantitative estimate of drug-likeness (QED) is 0.467. The van der Waals surface area contributed by atoms with Gasteiger partial charge in [0.05, 0.1) is 5.52 Å². The predicted molar refractivity (Wildman–Crippen MR) is 79.2 cm³/mol. The molecule has 4 aromatic rings. The second kappa shape index (κ2) is 5.25. The number of fused-ring (bicyclic) bond motifs is 2. The van der Waals surface area contributed by atoms with Gasteiger partial charge in [-0.15, -0.1) is 22.7 Å². The molecule has 1 aromatic carbocycles. The van der Waals surface area contributed by atoms with Gasteiger partial charge in [-0.1, -0.05) is 18.2 Å². The number of para-hydroxylation sites is 1. The van der Waals surface area contributed by atoms with Gasteiger partial charge < -0.3 is 0 Å². The van der Waals surface area contributed by atoms with Crippen LogP contribution in [0.1, 0.15) is 0 Å². The van der Waals surface area contributed by atoms with E-state index in [-0.39, 0.29) is 0 Å². The standard InChI is InChI=1S/C8H6N2.C6H4S2/c1-2-4-8-7(3-1)5-9-6-10-8;1-3-7-6-2-4-8-5(1)6/h1-6H;1-4H. The minimum atomic E-state index is 0.998. The van der Waals surface area contributed by atoms with Crippen molar-refractivity contribution in [2.45, 2.75) is 0 Å². The molecule has 0 atom stereocenters. The van der Waals surface area contributed by atoms with Crippen LogP contribution in [0.3, 0.4) is 0 Å². The third-order valence-electron chi connectivity index (χ3n) is 2.49. The summed E-state index contributed by atoms with van der Waals surface area (Å²) in [5.74, 6) is 0. The molecule has 0 radical (unpaired) electrons. The van der Waals surface area contributed by atoms with Crippen LogP contribution < -0.4 is 0 Å². The highest BCUT2D eigenvalue weighted by molar-refractivity contribution is 7.25. The van der Waals surface area contributed by atoms with Crippen LogP contribution in [0.4, 0.5) is 0 Å². The van der Waals surface area contributed by atoms with E-state index in [0.29, 0.717) is 0 Å². The molecule has 0 unspecified atom stereocenters. The maximum atomic E-state index is 4.07. The second-order valence-electron chi connectivity index (χ2n) is 3.65. The van der Waals surface area contributed by atoms with Crippen molar-refractivity contribution < 1.29 is 0 Å². The Hall–Kier alpha value is -1.78. The molecule has 3 aromatic heterocycles. The van der Waals surface area contributed by atoms with E-state index < -0.39 is 0 Å². The Balaban J connectivity index is 0.000000114. The number of aromatic nitrogens is 2. The number of hydrogen-bond donors (Lipinski definition) is 0. The largest absolute Gasteiger partial charge is 0.244 e. The van der Waals surface area contributed by atoms with Gasteiger partial charge in [0.1, 0.15) is 6.33 Å². The summed E-state index contributed by atoms with van der Waals surface area (Å²) in [5.41, 5.74) is 0.998. The summed E-state index contributed by atoms with van der Waals surface area (Å²) in [6.45, 7) is 0. The zero-order valence-electron chi connectivity index (χ0n) is 9.48. The van der Waals surface area contributed by atoms with Crippen LogP contribution in [-0.4, -0.2) is 9.97 Å². The van der Waals surface area contributed by atoms with Gasteiger partial charge in [-0.25, -0.2) is 9.97 Å². The fourth-order valence-electron chi connectivity index (χ4n) is 1.62. The maximum Gasteiger partial charge on any atom is 0.116 e. The minimum Gasteiger partial charge on any atom is -0.244 e. The Morgan fingerprint density at radius 3 is 2.28 bits per heavy atom. The molecular weight excluding hydrogens is 260 g/mol. The summed E-state index contributed by atoms with van der Waals surface area (Å²) in [5, 5.41) is 5.34. The highest BCUT2D eigenvalue weighted by atomic mass is 32.1. The van der Waals surface area contributed by atoms with Crippen molar-refractivity contribution in [2.24, 2.45) is 0 Å². The molecule has 0 bridgehead atoms. The second-order valence-corrected chi connectivity index (χ2v) is 5.55. The van der Waals surface area contributed by atoms with Crippen LogP contribution in [0.5, 0.6) is 0 Å². The third kappa shape index (κ3) is 2.39. The van der Waals surface area contributed by atoms with Crippen LogP contribution in [-0.2, 0) is 0 Å². The summed E-state index contributed by atoms with van der Waals surface area (Å²) in [6.07, 6.45) is 3.37. The monoisotopic (exact) mass is 270 g/mol. The number of benzene rings is 1. The Morgan fingerprint density at radius 2 is 1.56 bits per heavy atom. The van der Waals surface area contributed by atoms with Crippen molar-refractivity contribution in [3.05, 3.63) is 59.7 Å². The van der Waals surface area contributed by atoms with E-state index in [0.717, 1.165) is 10.9 Å². The Morgan fingerprint density at radius 1 is 0.833 bits per heavy atom. The lowest BCUT2D eigenvalue weighted by atomic mass is 10.2. The van der Waals surface area contributed by atoms with E-state index in [9.17, 15) is 0 Å². The molecule has 88 valence electrons. The fourth-order valence-corrected chi connectivity index (χ4v) is 3.44. The van der Waals surface area contributed by atoms with Crippen LogP contribution in [0.15, 0.2) is 59.7 Å². The zero-order chi connectivity index (χ0) is 12.2. The Bertz CT molecular complexity index is 642. The first kappa shape index (κ1) is 11.3. The van der Waals surface area contributed by atoms with E-state index in [1.807, 2.05) is 30.5 Å². The van der Waals surface area contributed by atoms with Gasteiger partial charge in [0.15, 0.2) is 0 Å². The van der Waals surface area contributed by atoms with Gasteiger partial charge in [0.25, 0.3) is 0 Å². The lowest BCUT2D eigenvalue weighted by Gasteiger charge is -1.90. The van der Waals surface area contributed by atoms with Gasteiger partial charge in [-0.3, -0.25) is 0 Å². The van der Waals surface area contributed by atoms with E-state index in [1.54, 1.807) is 29.0 Å². The summed E-state index contributed by atoms with van der Waals surface area (Å²) in [4.78, 5) is 7.97. The number of rotatable bonds is 0. The number of thiophene rings is 2. The number of hydrogen-bond acceptors (Lipinski definition) is 4. The molecule has 0 spiro atoms. The molecule has 0 saturated carbocycles. The van der Waals surface area contributed by atoms with Crippen LogP contribution in [0.25, 0.3) is 20.3 Å². The molecular formula is C14H10N2S2. The van der Waals surface area contributed by atoms with E-state index in [1.165, 1.54) is 9.40 Å². The van der Waals surface area contributed by atoms with Crippen LogP contribution in [0, 0.1) is 0 Å². The van der Waals surface area contributed by atoms with E-state index in [2.05, 4.69) is 32.9 Å². The molecule has 3 heterocycles. The van der Waals surface area contributed by atoms with Gasteiger partial charge in [-0.05, 0) is 29.0 Å². The van der Waals surface area contributed by atoms with Gasteiger partial charge in [0.2, 0.25) is 0 Å². The van der Waals surface area contributed by atoms with Gasteiger partial charge in [0, 0.05) is 21.0 Å². The molecule has 2 nitrogen and oxygen atoms in total. The highest BCUT2D eigenvalue weighted by Crippen LogP contribution is 2.25. The average Bonchev–Trinajstić information content (AvgIpc) is 3.03. The SMILES string of the molecule is c1cc2sccc2s1.c1ccc2ncncc2c1. The molecule has 0 saturated heterocycles. The minimum absolute atomic E-state index is 0.998. The van der Waals surface area contributed by atoms with Crippen molar-refractivity contribution in [3.63, 3.8) is 0 Å². The lowest BCUT2D eigenvalue weighted by Crippen LogP contribution is -1.77. The molecule has 0 aliphatic rings. The molecule has 0 aliphatic carbocycles. The number of nitrogens with zero attached hydrogens (tertiary/aromatic N) is 2. The maximum absolute atomic E-state index is 4.07. The van der Waals surface area contributed by atoms with Crippen LogP contribution in [0.2, 0.25) is 0 Å². The smallest absolute Gasteiger partial charge is 0.116 e. The average molecular weight is 270 g/mol. The van der Waals surface area contributed by atoms with Crippen molar-refractivity contribution in [1.82, 2.24) is 9.97 Å². The first-order chi connectivity index (χ1) is 8.93. The summed E-state index contributed by atoms with van der Waals surface area (Å²) >= 11 is 3.61. The van der Waals surface area contributed by atoms with Gasteiger partial charge in [-0.2, -0.15) is 0 Å². The van der Waals surface area contributed by atoms with Crippen molar-refractivity contribution in [3.8, 4) is 0 Å². The van der Waals surface area contributed by atoms with Crippen molar-refractivity contribution in [2.75, 3.05) is 0 Å². The molecule has 4 heteroatoms. The summed E-state index contributed by atoms with van der Waals surface area (Å²) < 4.78 is 2.82. The van der Waals surface area contributed by atoms with E-state index in [4.69, 9.17) is 0 Å². The first-order valence-corrected chi connectivity index (χ1v) is 7.25. The normalized spacial score (nSPS) is 10.2. The molecule has 0 fully saturated rings. The fraction of sp³-hybridized carbons (Fsp3) is 0. The van der Waals surface area contributed by atoms with Crippen molar-refractivity contribution in [1.29, 1.82) is 0 Å². The zero-order valence-corrected chi connectivity index (χ0v) is 11.1. The molecule has 0 N–H and O–H groups in total. The van der Waals surface area contributed by atoms with Crippen molar-refractivity contribution >= 4 is 43.0 Å². The molecule has 0 amide bonds. The summed E-state index contributed by atoms with van der Waals surface area (Å²) in [6, 6.07) is 12.2. The Labute approximate surface area is 113 Å². The Kier molecular flexibility index (Phi) is 3.30. The molecule has 4 rings (SSSR count). The van der Waals surface area contributed by atoms with E-state index >= 15 is 0 Å². The highest BCUT2D eigenvalue weighted by Gasteiger charge is 1.90. The molecule has 0 aliphatic heterocycles. The van der Waals surface area contributed by atoms with Crippen LogP contribution >= 0.6 is 22.7 Å². The lowest BCUT2D eigenvalue weighted by molar-refractivity contribution is 1.22. The molecule has 18 heavy (non-hydrogen) atoms. The van der Waals surface area contributed by atoms with Gasteiger partial charge >= 0.3 is 0 Å². The topological polar surface area (TPSA) is 25.8 Å². The first-order valence-electron chi connectivity index (χ1n) is 5.49. The summed E-state index contributed by atoms with van der Waals surface area (Å²) in [7, 11) is 0.